The molecule has 0 bridgehead atoms. The number of rotatable bonds is 6. The second-order valence-corrected chi connectivity index (χ2v) is 11.1. The van der Waals surface area contributed by atoms with E-state index < -0.39 is 10.0 Å². The van der Waals surface area contributed by atoms with Gasteiger partial charge in [0.2, 0.25) is 15.9 Å². The van der Waals surface area contributed by atoms with Crippen molar-refractivity contribution in [2.45, 2.75) is 37.6 Å². The number of sulfonamides is 1. The maximum absolute atomic E-state index is 12.8. The molecule has 2 aliphatic rings. The van der Waals surface area contributed by atoms with Crippen LogP contribution in [0, 0.1) is 6.92 Å². The maximum atomic E-state index is 12.8. The van der Waals surface area contributed by atoms with Crippen LogP contribution in [0.5, 0.6) is 0 Å². The second-order valence-electron chi connectivity index (χ2n) is 8.75. The largest absolute Gasteiger partial charge is 0.369 e. The van der Waals surface area contributed by atoms with Crippen molar-refractivity contribution in [1.29, 1.82) is 0 Å². The van der Waals surface area contributed by atoms with Gasteiger partial charge in [-0.1, -0.05) is 17.7 Å². The summed E-state index contributed by atoms with van der Waals surface area (Å²) in [5.41, 5.74) is 2.93. The zero-order valence-electron chi connectivity index (χ0n) is 19.1. The lowest BCUT2D eigenvalue weighted by atomic mass is 10.1. The van der Waals surface area contributed by atoms with Gasteiger partial charge in [-0.05, 0) is 68.7 Å². The van der Waals surface area contributed by atoms with Crippen LogP contribution < -0.4 is 10.2 Å². The van der Waals surface area contributed by atoms with E-state index in [-0.39, 0.29) is 16.8 Å². The van der Waals surface area contributed by atoms with E-state index in [4.69, 9.17) is 11.6 Å². The summed E-state index contributed by atoms with van der Waals surface area (Å²) >= 11 is 6.18. The number of piperazine rings is 1. The predicted molar refractivity (Wildman–Crippen MR) is 133 cm³/mol. The van der Waals surface area contributed by atoms with Gasteiger partial charge in [0.05, 0.1) is 10.9 Å². The first-order valence-electron chi connectivity index (χ1n) is 11.4. The van der Waals surface area contributed by atoms with Crippen molar-refractivity contribution in [3.05, 3.63) is 53.1 Å². The molecular formula is C24H31ClN4O3S. The molecule has 0 unspecified atom stereocenters. The molecule has 0 saturated carbocycles. The van der Waals surface area contributed by atoms with Crippen LogP contribution in [0.2, 0.25) is 5.02 Å². The zero-order chi connectivity index (χ0) is 23.6. The van der Waals surface area contributed by atoms with Crippen LogP contribution in [0.3, 0.4) is 0 Å². The molecule has 2 aromatic carbocycles. The third kappa shape index (κ3) is 5.35. The number of halogens is 1. The lowest BCUT2D eigenvalue weighted by Gasteiger charge is -2.39. The van der Waals surface area contributed by atoms with E-state index >= 15 is 0 Å². The highest BCUT2D eigenvalue weighted by molar-refractivity contribution is 7.89. The molecule has 1 N–H and O–H groups in total. The average molecular weight is 491 g/mol. The normalized spacial score (nSPS) is 18.9. The molecule has 4 rings (SSSR count). The molecular weight excluding hydrogens is 460 g/mol. The Balaban J connectivity index is 1.33. The number of nitrogens with zero attached hydrogens (tertiary/aromatic N) is 3. The van der Waals surface area contributed by atoms with Crippen molar-refractivity contribution >= 4 is 38.9 Å². The van der Waals surface area contributed by atoms with Gasteiger partial charge in [-0.25, -0.2) is 8.42 Å². The Labute approximate surface area is 201 Å². The number of nitrogens with one attached hydrogen (secondary N) is 1. The summed E-state index contributed by atoms with van der Waals surface area (Å²) in [5.74, 6) is -0.0995. The molecule has 0 aliphatic carbocycles. The second kappa shape index (κ2) is 10.0. The minimum Gasteiger partial charge on any atom is -0.369 e. The van der Waals surface area contributed by atoms with Crippen molar-refractivity contribution in [1.82, 2.24) is 9.21 Å². The minimum atomic E-state index is -3.45. The Morgan fingerprint density at radius 1 is 0.970 bits per heavy atom. The molecule has 7 nitrogen and oxygen atoms in total. The van der Waals surface area contributed by atoms with Gasteiger partial charge in [-0.15, -0.1) is 0 Å². The van der Waals surface area contributed by atoms with Crippen molar-refractivity contribution < 1.29 is 13.2 Å². The van der Waals surface area contributed by atoms with Crippen LogP contribution in [0.4, 0.5) is 11.4 Å². The number of carbonyl (C=O) groups is 1. The average Bonchev–Trinajstić information content (AvgIpc) is 3.37. The molecule has 2 saturated heterocycles. The first-order valence-corrected chi connectivity index (χ1v) is 13.2. The van der Waals surface area contributed by atoms with Crippen molar-refractivity contribution in [3.63, 3.8) is 0 Å². The van der Waals surface area contributed by atoms with Crippen LogP contribution in [-0.2, 0) is 14.8 Å². The van der Waals surface area contributed by atoms with Crippen LogP contribution in [-0.4, -0.2) is 68.8 Å². The first kappa shape index (κ1) is 24.0. The number of hydrogen-bond donors (Lipinski definition) is 1. The number of benzene rings is 2. The molecule has 0 aromatic heterocycles. The number of anilines is 2. The molecule has 0 radical (unpaired) electrons. The molecule has 2 aromatic rings. The van der Waals surface area contributed by atoms with Gasteiger partial charge in [-0.2, -0.15) is 4.31 Å². The summed E-state index contributed by atoms with van der Waals surface area (Å²) in [4.78, 5) is 17.6. The Hall–Kier alpha value is -2.13. The van der Waals surface area contributed by atoms with Gasteiger partial charge in [0, 0.05) is 55.7 Å². The smallest absolute Gasteiger partial charge is 0.243 e. The van der Waals surface area contributed by atoms with Crippen molar-refractivity contribution in [3.8, 4) is 0 Å². The zero-order valence-corrected chi connectivity index (χ0v) is 20.7. The molecule has 0 spiro atoms. The third-order valence-electron chi connectivity index (χ3n) is 6.58. The van der Waals surface area contributed by atoms with Crippen molar-refractivity contribution in [2.75, 3.05) is 49.5 Å². The van der Waals surface area contributed by atoms with Crippen LogP contribution in [0.15, 0.2) is 47.4 Å². The van der Waals surface area contributed by atoms with E-state index in [0.29, 0.717) is 18.8 Å². The maximum Gasteiger partial charge on any atom is 0.243 e. The molecule has 1 amide bonds. The fourth-order valence-electron chi connectivity index (χ4n) is 4.47. The monoisotopic (exact) mass is 490 g/mol. The highest BCUT2D eigenvalue weighted by Crippen LogP contribution is 2.26. The Kier molecular flexibility index (Phi) is 7.28. The summed E-state index contributed by atoms with van der Waals surface area (Å²) in [6.45, 7) is 8.31. The topological polar surface area (TPSA) is 73.0 Å². The molecule has 9 heteroatoms. The molecule has 2 fully saturated rings. The SMILES string of the molecule is Cc1ccc(Cl)cc1N1CCN([C@H](C)C(=O)Nc2ccc(S(=O)(=O)N3CCCC3)cc2)CC1. The number of aryl methyl sites for hydroxylation is 1. The first-order chi connectivity index (χ1) is 15.8. The van der Waals surface area contributed by atoms with Gasteiger partial charge in [0.25, 0.3) is 0 Å². The van der Waals surface area contributed by atoms with E-state index in [9.17, 15) is 13.2 Å². The predicted octanol–water partition coefficient (Wildman–Crippen LogP) is 3.58. The van der Waals surface area contributed by atoms with Crippen LogP contribution in [0.25, 0.3) is 0 Å². The summed E-state index contributed by atoms with van der Waals surface area (Å²) in [6.07, 6.45) is 1.80. The molecule has 178 valence electrons. The summed E-state index contributed by atoms with van der Waals surface area (Å²) < 4.78 is 26.9. The molecule has 1 atom stereocenters. The van der Waals surface area contributed by atoms with Crippen molar-refractivity contribution in [2.24, 2.45) is 0 Å². The summed E-state index contributed by atoms with van der Waals surface area (Å²) in [7, 11) is -3.45. The van der Waals surface area contributed by atoms with E-state index in [1.807, 2.05) is 25.1 Å². The molecule has 2 heterocycles. The highest BCUT2D eigenvalue weighted by Gasteiger charge is 2.28. The number of amides is 1. The van der Waals surface area contributed by atoms with E-state index in [2.05, 4.69) is 22.0 Å². The fraction of sp³-hybridized carbons (Fsp3) is 0.458. The van der Waals surface area contributed by atoms with Crippen LogP contribution in [0.1, 0.15) is 25.3 Å². The summed E-state index contributed by atoms with van der Waals surface area (Å²) in [6, 6.07) is 12.1. The lowest BCUT2D eigenvalue weighted by Crippen LogP contribution is -2.53. The van der Waals surface area contributed by atoms with Gasteiger partial charge in [0.1, 0.15) is 0 Å². The fourth-order valence-corrected chi connectivity index (χ4v) is 6.16. The minimum absolute atomic E-state index is 0.0995. The Morgan fingerprint density at radius 3 is 2.24 bits per heavy atom. The Bertz CT molecular complexity index is 1090. The van der Waals surface area contributed by atoms with Gasteiger partial charge >= 0.3 is 0 Å². The Morgan fingerprint density at radius 2 is 1.61 bits per heavy atom. The molecule has 2 aliphatic heterocycles. The standard InChI is InChI=1S/C24H31ClN4O3S/c1-18-5-6-20(25)17-23(18)28-15-13-27(14-16-28)19(2)24(30)26-21-7-9-22(10-8-21)33(31,32)29-11-3-4-12-29/h5-10,17,19H,3-4,11-16H2,1-2H3,(H,26,30)/t19-/m1/s1. The van der Waals surface area contributed by atoms with Gasteiger partial charge in [-0.3, -0.25) is 9.69 Å². The van der Waals surface area contributed by atoms with Gasteiger partial charge < -0.3 is 10.2 Å². The number of carbonyl (C=O) groups excluding carboxylic acids is 1. The number of hydrogen-bond acceptors (Lipinski definition) is 5. The molecule has 33 heavy (non-hydrogen) atoms. The third-order valence-corrected chi connectivity index (χ3v) is 8.73. The van der Waals surface area contributed by atoms with E-state index in [1.165, 1.54) is 9.87 Å². The van der Waals surface area contributed by atoms with Crippen LogP contribution >= 0.6 is 11.6 Å². The summed E-state index contributed by atoms with van der Waals surface area (Å²) in [5, 5.41) is 3.65. The van der Waals surface area contributed by atoms with E-state index in [1.54, 1.807) is 24.3 Å². The van der Waals surface area contributed by atoms with E-state index in [0.717, 1.165) is 49.7 Å². The van der Waals surface area contributed by atoms with Gasteiger partial charge in [0.15, 0.2) is 0 Å². The highest BCUT2D eigenvalue weighted by atomic mass is 35.5. The lowest BCUT2D eigenvalue weighted by molar-refractivity contribution is -0.120. The quantitative estimate of drug-likeness (QED) is 0.670.